The van der Waals surface area contributed by atoms with Crippen molar-refractivity contribution in [1.82, 2.24) is 4.90 Å². The van der Waals surface area contributed by atoms with Crippen molar-refractivity contribution in [3.8, 4) is 0 Å². The summed E-state index contributed by atoms with van der Waals surface area (Å²) in [5, 5.41) is 4.23. The van der Waals surface area contributed by atoms with Crippen LogP contribution in [-0.4, -0.2) is 23.1 Å². The first-order valence-electron chi connectivity index (χ1n) is 8.37. The smallest absolute Gasteiger partial charge is 0.173 e. The van der Waals surface area contributed by atoms with Crippen molar-refractivity contribution in [1.29, 1.82) is 0 Å². The molecule has 120 valence electrons. The zero-order chi connectivity index (χ0) is 16.1. The van der Waals surface area contributed by atoms with Gasteiger partial charge in [-0.15, -0.1) is 0 Å². The number of nitrogens with zero attached hydrogens (tertiary/aromatic N) is 1. The Balaban J connectivity index is 1.49. The number of piperidine rings is 1. The summed E-state index contributed by atoms with van der Waals surface area (Å²) in [6.07, 6.45) is 3.61. The lowest BCUT2D eigenvalue weighted by atomic mass is 9.90. The van der Waals surface area contributed by atoms with Gasteiger partial charge in [0.2, 0.25) is 0 Å². The van der Waals surface area contributed by atoms with E-state index in [1.807, 2.05) is 0 Å². The first-order valence-corrected chi connectivity index (χ1v) is 8.78. The van der Waals surface area contributed by atoms with Crippen LogP contribution in [0.1, 0.15) is 24.0 Å². The molecule has 0 aromatic heterocycles. The summed E-state index contributed by atoms with van der Waals surface area (Å²) in [7, 11) is 0. The number of hydrogen-bond acceptors (Lipinski definition) is 1. The van der Waals surface area contributed by atoms with E-state index in [-0.39, 0.29) is 0 Å². The quantitative estimate of drug-likeness (QED) is 0.828. The third kappa shape index (κ3) is 4.55. The van der Waals surface area contributed by atoms with E-state index < -0.39 is 0 Å². The minimum atomic E-state index is 0.774. The van der Waals surface area contributed by atoms with Crippen LogP contribution in [0.5, 0.6) is 0 Å². The van der Waals surface area contributed by atoms with Gasteiger partial charge >= 0.3 is 0 Å². The number of rotatable bonds is 3. The maximum Gasteiger partial charge on any atom is 0.173 e. The highest BCUT2D eigenvalue weighted by atomic mass is 32.1. The summed E-state index contributed by atoms with van der Waals surface area (Å²) in [6, 6.07) is 19.2. The molecule has 1 N–H and O–H groups in total. The SMILES string of the molecule is Cc1cccc(NC(=S)N2CCC(Cc3ccccc3)CC2)c1. The van der Waals surface area contributed by atoms with E-state index in [0.717, 1.165) is 29.8 Å². The van der Waals surface area contributed by atoms with Gasteiger partial charge in [-0.25, -0.2) is 0 Å². The molecule has 3 heteroatoms. The van der Waals surface area contributed by atoms with Crippen LogP contribution in [0.4, 0.5) is 5.69 Å². The zero-order valence-corrected chi connectivity index (χ0v) is 14.5. The molecule has 0 radical (unpaired) electrons. The van der Waals surface area contributed by atoms with Crippen LogP contribution in [-0.2, 0) is 6.42 Å². The van der Waals surface area contributed by atoms with Gasteiger partial charge in [-0.2, -0.15) is 0 Å². The molecule has 0 bridgehead atoms. The summed E-state index contributed by atoms with van der Waals surface area (Å²) < 4.78 is 0. The molecule has 3 rings (SSSR count). The highest BCUT2D eigenvalue weighted by Gasteiger charge is 2.21. The van der Waals surface area contributed by atoms with Gasteiger partial charge < -0.3 is 10.2 Å². The van der Waals surface area contributed by atoms with Gasteiger partial charge in [0, 0.05) is 18.8 Å². The van der Waals surface area contributed by atoms with Gasteiger partial charge in [0.1, 0.15) is 0 Å². The molecule has 1 aliphatic rings. The molecule has 2 nitrogen and oxygen atoms in total. The van der Waals surface area contributed by atoms with Crippen molar-refractivity contribution in [2.24, 2.45) is 5.92 Å². The summed E-state index contributed by atoms with van der Waals surface area (Å²) in [5.41, 5.74) is 3.78. The highest BCUT2D eigenvalue weighted by Crippen LogP contribution is 2.22. The fourth-order valence-corrected chi connectivity index (χ4v) is 3.51. The summed E-state index contributed by atoms with van der Waals surface area (Å²) >= 11 is 5.58. The van der Waals surface area contributed by atoms with Crippen molar-refractivity contribution >= 4 is 23.0 Å². The molecular formula is C20H24N2S. The van der Waals surface area contributed by atoms with Crippen molar-refractivity contribution in [2.45, 2.75) is 26.2 Å². The van der Waals surface area contributed by atoms with Crippen molar-refractivity contribution in [3.63, 3.8) is 0 Å². The van der Waals surface area contributed by atoms with Gasteiger partial charge in [0.05, 0.1) is 0 Å². The van der Waals surface area contributed by atoms with Crippen LogP contribution in [0.3, 0.4) is 0 Å². The van der Waals surface area contributed by atoms with Gasteiger partial charge in [-0.05, 0) is 67.6 Å². The molecule has 0 unspecified atom stereocenters. The fourth-order valence-electron chi connectivity index (χ4n) is 3.21. The second-order valence-corrected chi connectivity index (χ2v) is 6.81. The molecule has 0 aliphatic carbocycles. The monoisotopic (exact) mass is 324 g/mol. The standard InChI is InChI=1S/C20H24N2S/c1-16-6-5-9-19(14-16)21-20(23)22-12-10-18(11-13-22)15-17-7-3-2-4-8-17/h2-9,14,18H,10-13,15H2,1H3,(H,21,23). The van der Waals surface area contributed by atoms with Crippen molar-refractivity contribution in [3.05, 3.63) is 65.7 Å². The Hall–Kier alpha value is -1.87. The molecule has 1 fully saturated rings. The predicted molar refractivity (Wildman–Crippen MR) is 102 cm³/mol. The molecular weight excluding hydrogens is 300 g/mol. The Labute approximate surface area is 144 Å². The fraction of sp³-hybridized carbons (Fsp3) is 0.350. The van der Waals surface area contributed by atoms with E-state index in [0.29, 0.717) is 0 Å². The lowest BCUT2D eigenvalue weighted by Gasteiger charge is -2.34. The molecule has 0 atom stereocenters. The van der Waals surface area contributed by atoms with E-state index in [2.05, 4.69) is 71.7 Å². The van der Waals surface area contributed by atoms with Crippen LogP contribution in [0.25, 0.3) is 0 Å². The number of aryl methyl sites for hydroxylation is 1. The predicted octanol–water partition coefficient (Wildman–Crippen LogP) is 4.65. The Morgan fingerprint density at radius 1 is 1.09 bits per heavy atom. The number of thiocarbonyl (C=S) groups is 1. The minimum Gasteiger partial charge on any atom is -0.349 e. The molecule has 23 heavy (non-hydrogen) atoms. The molecule has 2 aromatic rings. The zero-order valence-electron chi connectivity index (χ0n) is 13.7. The van der Waals surface area contributed by atoms with E-state index in [1.54, 1.807) is 0 Å². The molecule has 1 saturated heterocycles. The first kappa shape index (κ1) is 16.0. The van der Waals surface area contributed by atoms with E-state index in [9.17, 15) is 0 Å². The third-order valence-corrected chi connectivity index (χ3v) is 4.90. The van der Waals surface area contributed by atoms with E-state index >= 15 is 0 Å². The Morgan fingerprint density at radius 2 is 1.83 bits per heavy atom. The average Bonchev–Trinajstić information content (AvgIpc) is 2.56. The van der Waals surface area contributed by atoms with Crippen LogP contribution in [0.2, 0.25) is 0 Å². The topological polar surface area (TPSA) is 15.3 Å². The van der Waals surface area contributed by atoms with Gasteiger partial charge in [-0.1, -0.05) is 42.5 Å². The van der Waals surface area contributed by atoms with Crippen LogP contribution >= 0.6 is 12.2 Å². The van der Waals surface area contributed by atoms with Gasteiger partial charge in [-0.3, -0.25) is 0 Å². The van der Waals surface area contributed by atoms with Crippen molar-refractivity contribution in [2.75, 3.05) is 18.4 Å². The second kappa shape index (κ2) is 7.60. The summed E-state index contributed by atoms with van der Waals surface area (Å²) in [5.74, 6) is 0.774. The normalized spacial score (nSPS) is 15.4. The summed E-state index contributed by atoms with van der Waals surface area (Å²) in [4.78, 5) is 2.30. The molecule has 2 aromatic carbocycles. The molecule has 0 spiro atoms. The molecule has 0 amide bonds. The average molecular weight is 324 g/mol. The lowest BCUT2D eigenvalue weighted by Crippen LogP contribution is -2.41. The number of nitrogens with one attached hydrogen (secondary N) is 1. The minimum absolute atomic E-state index is 0.774. The number of anilines is 1. The number of likely N-dealkylation sites (tertiary alicyclic amines) is 1. The van der Waals surface area contributed by atoms with E-state index in [4.69, 9.17) is 12.2 Å². The maximum absolute atomic E-state index is 5.58. The Kier molecular flexibility index (Phi) is 5.29. The third-order valence-electron chi connectivity index (χ3n) is 4.54. The second-order valence-electron chi connectivity index (χ2n) is 6.42. The van der Waals surface area contributed by atoms with Crippen LogP contribution < -0.4 is 5.32 Å². The molecule has 0 saturated carbocycles. The Bertz CT molecular complexity index is 646. The lowest BCUT2D eigenvalue weighted by molar-refractivity contribution is 0.268. The summed E-state index contributed by atoms with van der Waals surface area (Å²) in [6.45, 7) is 4.20. The number of benzene rings is 2. The Morgan fingerprint density at radius 3 is 2.52 bits per heavy atom. The van der Waals surface area contributed by atoms with Crippen LogP contribution in [0.15, 0.2) is 54.6 Å². The molecule has 1 heterocycles. The largest absolute Gasteiger partial charge is 0.349 e. The first-order chi connectivity index (χ1) is 11.2. The maximum atomic E-state index is 5.58. The van der Waals surface area contributed by atoms with Crippen LogP contribution in [0, 0.1) is 12.8 Å². The molecule has 1 aliphatic heterocycles. The highest BCUT2D eigenvalue weighted by molar-refractivity contribution is 7.80. The van der Waals surface area contributed by atoms with Gasteiger partial charge in [0.15, 0.2) is 5.11 Å². The number of hydrogen-bond donors (Lipinski definition) is 1. The van der Waals surface area contributed by atoms with E-state index in [1.165, 1.54) is 30.4 Å². The van der Waals surface area contributed by atoms with Gasteiger partial charge in [0.25, 0.3) is 0 Å². The van der Waals surface area contributed by atoms with Crippen molar-refractivity contribution < 1.29 is 0 Å².